The maximum absolute atomic E-state index is 12.7. The van der Waals surface area contributed by atoms with Crippen molar-refractivity contribution >= 4 is 6.03 Å². The summed E-state index contributed by atoms with van der Waals surface area (Å²) in [4.78, 5) is 17.1. The van der Waals surface area contributed by atoms with Gasteiger partial charge in [0.2, 0.25) is 0 Å². The minimum atomic E-state index is 0.0932. The molecule has 2 saturated heterocycles. The van der Waals surface area contributed by atoms with E-state index in [9.17, 15) is 9.90 Å². The molecule has 2 heterocycles. The van der Waals surface area contributed by atoms with Crippen molar-refractivity contribution in [1.29, 1.82) is 0 Å². The van der Waals surface area contributed by atoms with Crippen molar-refractivity contribution in [2.75, 3.05) is 26.2 Å². The Bertz CT molecular complexity index is 778. The number of phenolic OH excluding ortho intramolecular Hbond substituents is 1. The van der Waals surface area contributed by atoms with Crippen LogP contribution in [0.1, 0.15) is 42.7 Å². The number of hydrogen-bond donors (Lipinski definition) is 2. The van der Waals surface area contributed by atoms with Crippen molar-refractivity contribution < 1.29 is 9.90 Å². The Labute approximate surface area is 173 Å². The monoisotopic (exact) mass is 393 g/mol. The molecule has 0 aromatic heterocycles. The van der Waals surface area contributed by atoms with E-state index in [1.165, 1.54) is 11.1 Å². The molecule has 0 spiro atoms. The van der Waals surface area contributed by atoms with E-state index in [-0.39, 0.29) is 12.1 Å². The van der Waals surface area contributed by atoms with Crippen LogP contribution in [0.4, 0.5) is 4.79 Å². The number of aromatic hydroxyl groups is 1. The molecule has 2 aromatic rings. The van der Waals surface area contributed by atoms with Crippen LogP contribution < -0.4 is 5.32 Å². The molecule has 2 aliphatic heterocycles. The Hall–Kier alpha value is -2.53. The lowest BCUT2D eigenvalue weighted by Crippen LogP contribution is -2.50. The number of nitrogens with zero attached hydrogens (tertiary/aromatic N) is 2. The average molecular weight is 394 g/mol. The summed E-state index contributed by atoms with van der Waals surface area (Å²) >= 11 is 0. The van der Waals surface area contributed by atoms with Gasteiger partial charge < -0.3 is 15.3 Å². The van der Waals surface area contributed by atoms with E-state index in [2.05, 4.69) is 40.5 Å². The topological polar surface area (TPSA) is 55.8 Å². The Morgan fingerprint density at radius 1 is 0.897 bits per heavy atom. The first-order valence-electron chi connectivity index (χ1n) is 10.8. The van der Waals surface area contributed by atoms with Crippen molar-refractivity contribution in [2.45, 2.75) is 44.2 Å². The first-order valence-corrected chi connectivity index (χ1v) is 10.8. The lowest BCUT2D eigenvalue weighted by atomic mass is 9.89. The number of carbonyl (C=O) groups excluding carboxylic acids is 1. The summed E-state index contributed by atoms with van der Waals surface area (Å²) in [5.74, 6) is 0.779. The Kier molecular flexibility index (Phi) is 6.35. The first kappa shape index (κ1) is 19.8. The second kappa shape index (κ2) is 9.31. The molecule has 0 unspecified atom stereocenters. The highest BCUT2D eigenvalue weighted by Crippen LogP contribution is 2.29. The lowest BCUT2D eigenvalue weighted by Gasteiger charge is -2.36. The van der Waals surface area contributed by atoms with Crippen molar-refractivity contribution in [3.8, 4) is 5.75 Å². The number of carbonyl (C=O) groups is 1. The number of hydrogen-bond acceptors (Lipinski definition) is 3. The number of likely N-dealkylation sites (tertiary alicyclic amines) is 2. The summed E-state index contributed by atoms with van der Waals surface area (Å²) in [7, 11) is 0. The van der Waals surface area contributed by atoms with Gasteiger partial charge in [0.1, 0.15) is 5.75 Å². The van der Waals surface area contributed by atoms with Crippen molar-refractivity contribution in [3.05, 3.63) is 65.7 Å². The Balaban J connectivity index is 1.19. The van der Waals surface area contributed by atoms with Crippen molar-refractivity contribution in [3.63, 3.8) is 0 Å². The number of rotatable bonds is 4. The summed E-state index contributed by atoms with van der Waals surface area (Å²) in [6.07, 6.45) is 3.99. The predicted molar refractivity (Wildman–Crippen MR) is 115 cm³/mol. The zero-order chi connectivity index (χ0) is 20.1. The molecule has 154 valence electrons. The third kappa shape index (κ3) is 5.30. The maximum atomic E-state index is 12.7. The molecule has 2 N–H and O–H groups in total. The minimum Gasteiger partial charge on any atom is -0.508 e. The molecule has 5 nitrogen and oxygen atoms in total. The fraction of sp³-hybridized carbons (Fsp3) is 0.458. The third-order valence-corrected chi connectivity index (χ3v) is 6.31. The summed E-state index contributed by atoms with van der Waals surface area (Å²) in [5, 5.41) is 12.7. The van der Waals surface area contributed by atoms with E-state index in [4.69, 9.17) is 0 Å². The van der Waals surface area contributed by atoms with Gasteiger partial charge in [-0.1, -0.05) is 42.5 Å². The van der Waals surface area contributed by atoms with E-state index in [0.29, 0.717) is 11.7 Å². The van der Waals surface area contributed by atoms with Gasteiger partial charge in [-0.25, -0.2) is 4.79 Å². The number of benzene rings is 2. The van der Waals surface area contributed by atoms with Gasteiger partial charge in [-0.15, -0.1) is 0 Å². The summed E-state index contributed by atoms with van der Waals surface area (Å²) in [6.45, 7) is 4.65. The van der Waals surface area contributed by atoms with Crippen LogP contribution in [0.25, 0.3) is 0 Å². The number of phenols is 1. The average Bonchev–Trinajstić information content (AvgIpc) is 2.76. The third-order valence-electron chi connectivity index (χ3n) is 6.31. The van der Waals surface area contributed by atoms with Crippen LogP contribution >= 0.6 is 0 Å². The van der Waals surface area contributed by atoms with Crippen molar-refractivity contribution in [2.24, 2.45) is 0 Å². The van der Waals surface area contributed by atoms with Gasteiger partial charge in [0.25, 0.3) is 0 Å². The molecule has 0 bridgehead atoms. The van der Waals surface area contributed by atoms with Crippen LogP contribution in [-0.4, -0.2) is 53.2 Å². The zero-order valence-electron chi connectivity index (χ0n) is 17.0. The molecule has 0 atom stereocenters. The van der Waals surface area contributed by atoms with E-state index in [1.807, 2.05) is 17.0 Å². The number of nitrogens with one attached hydrogen (secondary N) is 1. The SMILES string of the molecule is O=C(NC1CCN(Cc2ccccc2)CC1)N1CCC(c2ccc(O)cc2)CC1. The van der Waals surface area contributed by atoms with E-state index in [0.717, 1.165) is 58.4 Å². The molecule has 29 heavy (non-hydrogen) atoms. The molecule has 2 aliphatic rings. The molecular weight excluding hydrogens is 362 g/mol. The molecule has 0 radical (unpaired) electrons. The molecule has 4 rings (SSSR count). The fourth-order valence-electron chi connectivity index (χ4n) is 4.51. The van der Waals surface area contributed by atoms with E-state index < -0.39 is 0 Å². The fourth-order valence-corrected chi connectivity index (χ4v) is 4.51. The molecule has 2 fully saturated rings. The number of piperidine rings is 2. The Morgan fingerprint density at radius 3 is 2.21 bits per heavy atom. The van der Waals surface area contributed by atoms with Crippen molar-refractivity contribution in [1.82, 2.24) is 15.1 Å². The molecule has 5 heteroatoms. The maximum Gasteiger partial charge on any atom is 0.317 e. The molecule has 2 aromatic carbocycles. The minimum absolute atomic E-state index is 0.0932. The van der Waals surface area contributed by atoms with Crippen LogP contribution in [0.5, 0.6) is 5.75 Å². The highest BCUT2D eigenvalue weighted by molar-refractivity contribution is 5.74. The molecular formula is C24H31N3O2. The smallest absolute Gasteiger partial charge is 0.317 e. The normalized spacial score (nSPS) is 19.2. The van der Waals surface area contributed by atoms with Crippen LogP contribution in [0.3, 0.4) is 0 Å². The van der Waals surface area contributed by atoms with Gasteiger partial charge >= 0.3 is 6.03 Å². The highest BCUT2D eigenvalue weighted by Gasteiger charge is 2.26. The van der Waals surface area contributed by atoms with Crippen LogP contribution in [0, 0.1) is 0 Å². The second-order valence-electron chi connectivity index (χ2n) is 8.34. The van der Waals surface area contributed by atoms with Gasteiger partial charge in [-0.2, -0.15) is 0 Å². The summed E-state index contributed by atoms with van der Waals surface area (Å²) in [5.41, 5.74) is 2.61. The van der Waals surface area contributed by atoms with Gasteiger partial charge in [0.05, 0.1) is 0 Å². The van der Waals surface area contributed by atoms with Gasteiger partial charge in [0.15, 0.2) is 0 Å². The summed E-state index contributed by atoms with van der Waals surface area (Å²) < 4.78 is 0. The van der Waals surface area contributed by atoms with E-state index >= 15 is 0 Å². The number of urea groups is 1. The highest BCUT2D eigenvalue weighted by atomic mass is 16.3. The van der Waals surface area contributed by atoms with E-state index in [1.54, 1.807) is 12.1 Å². The zero-order valence-corrected chi connectivity index (χ0v) is 17.0. The van der Waals surface area contributed by atoms with Gasteiger partial charge in [0, 0.05) is 38.8 Å². The largest absolute Gasteiger partial charge is 0.508 e. The van der Waals surface area contributed by atoms with Crippen LogP contribution in [-0.2, 0) is 6.54 Å². The Morgan fingerprint density at radius 2 is 1.55 bits per heavy atom. The standard InChI is InChI=1S/C24H31N3O2/c28-23-8-6-20(7-9-23)21-10-16-27(17-11-21)24(29)25-22-12-14-26(15-13-22)18-19-4-2-1-3-5-19/h1-9,21-22,28H,10-18H2,(H,25,29). The molecule has 2 amide bonds. The quantitative estimate of drug-likeness (QED) is 0.827. The molecule has 0 saturated carbocycles. The van der Waals surface area contributed by atoms with Gasteiger partial charge in [-0.05, 0) is 54.9 Å². The second-order valence-corrected chi connectivity index (χ2v) is 8.34. The van der Waals surface area contributed by atoms with Crippen LogP contribution in [0.2, 0.25) is 0 Å². The van der Waals surface area contributed by atoms with Crippen LogP contribution in [0.15, 0.2) is 54.6 Å². The molecule has 0 aliphatic carbocycles. The lowest BCUT2D eigenvalue weighted by molar-refractivity contribution is 0.159. The number of amides is 2. The first-order chi connectivity index (χ1) is 14.2. The summed E-state index contributed by atoms with van der Waals surface area (Å²) in [6, 6.07) is 18.5. The predicted octanol–water partition coefficient (Wildman–Crippen LogP) is 3.95. The van der Waals surface area contributed by atoms with Gasteiger partial charge in [-0.3, -0.25) is 4.90 Å².